The van der Waals surface area contributed by atoms with Crippen molar-refractivity contribution in [1.82, 2.24) is 10.2 Å². The lowest BCUT2D eigenvalue weighted by atomic mass is 10.1. The molecule has 0 aliphatic rings. The molecule has 0 aliphatic carbocycles. The quantitative estimate of drug-likeness (QED) is 0.854. The van der Waals surface area contributed by atoms with Gasteiger partial charge < -0.3 is 10.1 Å². The molecule has 0 atom stereocenters. The number of ether oxygens (including phenoxy) is 1. The molecule has 5 heteroatoms. The first-order valence-electron chi connectivity index (χ1n) is 5.26. The maximum Gasteiger partial charge on any atom is 0.168 e. The molecule has 2 N–H and O–H groups in total. The largest absolute Gasteiger partial charge is 0.494 e. The van der Waals surface area contributed by atoms with Crippen LogP contribution in [0, 0.1) is 5.82 Å². The Morgan fingerprint density at radius 1 is 1.47 bits per heavy atom. The molecule has 90 valence electrons. The van der Waals surface area contributed by atoms with Crippen molar-refractivity contribution in [2.75, 3.05) is 19.5 Å². The lowest BCUT2D eigenvalue weighted by Crippen LogP contribution is -1.99. The summed E-state index contributed by atoms with van der Waals surface area (Å²) >= 11 is 0. The molecule has 0 bridgehead atoms. The SMILES string of the molecule is CNc1cc(Cc2cn[nH]c2)c(F)c(OC)c1. The zero-order valence-electron chi connectivity index (χ0n) is 9.75. The maximum absolute atomic E-state index is 14.0. The molecule has 0 amide bonds. The van der Waals surface area contributed by atoms with Gasteiger partial charge in [0.15, 0.2) is 11.6 Å². The van der Waals surface area contributed by atoms with Gasteiger partial charge in [-0.15, -0.1) is 0 Å². The molecule has 0 unspecified atom stereocenters. The average molecular weight is 235 g/mol. The third-order valence-corrected chi connectivity index (χ3v) is 2.57. The molecule has 4 nitrogen and oxygen atoms in total. The average Bonchev–Trinajstić information content (AvgIpc) is 2.84. The zero-order chi connectivity index (χ0) is 12.3. The van der Waals surface area contributed by atoms with E-state index in [2.05, 4.69) is 15.5 Å². The van der Waals surface area contributed by atoms with E-state index in [0.717, 1.165) is 11.3 Å². The molecule has 0 saturated carbocycles. The first-order chi connectivity index (χ1) is 8.24. The normalized spacial score (nSPS) is 10.3. The van der Waals surface area contributed by atoms with E-state index in [-0.39, 0.29) is 11.6 Å². The van der Waals surface area contributed by atoms with Gasteiger partial charge in [-0.05, 0) is 17.2 Å². The molecule has 17 heavy (non-hydrogen) atoms. The van der Waals surface area contributed by atoms with Crippen molar-refractivity contribution in [2.45, 2.75) is 6.42 Å². The van der Waals surface area contributed by atoms with Gasteiger partial charge in [-0.3, -0.25) is 5.10 Å². The number of H-pyrrole nitrogens is 1. The minimum Gasteiger partial charge on any atom is -0.494 e. The fourth-order valence-electron chi connectivity index (χ4n) is 1.67. The second-order valence-corrected chi connectivity index (χ2v) is 3.68. The summed E-state index contributed by atoms with van der Waals surface area (Å²) in [4.78, 5) is 0. The van der Waals surface area contributed by atoms with E-state index in [0.29, 0.717) is 12.0 Å². The molecule has 1 aromatic heterocycles. The Kier molecular flexibility index (Phi) is 3.27. The Hall–Kier alpha value is -2.04. The number of methoxy groups -OCH3 is 1. The fourth-order valence-corrected chi connectivity index (χ4v) is 1.67. The van der Waals surface area contributed by atoms with Crippen LogP contribution in [0.3, 0.4) is 0 Å². The number of nitrogens with zero attached hydrogens (tertiary/aromatic N) is 1. The van der Waals surface area contributed by atoms with Crippen molar-refractivity contribution in [3.63, 3.8) is 0 Å². The molecule has 0 saturated heterocycles. The first kappa shape index (κ1) is 11.4. The van der Waals surface area contributed by atoms with Gasteiger partial charge in [0.2, 0.25) is 0 Å². The minimum absolute atomic E-state index is 0.246. The van der Waals surface area contributed by atoms with E-state index in [1.165, 1.54) is 7.11 Å². The summed E-state index contributed by atoms with van der Waals surface area (Å²) in [5, 5.41) is 9.52. The number of aromatic nitrogens is 2. The summed E-state index contributed by atoms with van der Waals surface area (Å²) in [7, 11) is 3.24. The predicted molar refractivity (Wildman–Crippen MR) is 63.9 cm³/mol. The van der Waals surface area contributed by atoms with Crippen molar-refractivity contribution in [1.29, 1.82) is 0 Å². The Morgan fingerprint density at radius 2 is 2.29 bits per heavy atom. The third kappa shape index (κ3) is 2.38. The molecule has 1 aromatic carbocycles. The number of aromatic amines is 1. The minimum atomic E-state index is -0.326. The van der Waals surface area contributed by atoms with E-state index < -0.39 is 0 Å². The smallest absolute Gasteiger partial charge is 0.168 e. The summed E-state index contributed by atoms with van der Waals surface area (Å²) in [6.07, 6.45) is 3.91. The van der Waals surface area contributed by atoms with Crippen LogP contribution in [0.4, 0.5) is 10.1 Å². The second-order valence-electron chi connectivity index (χ2n) is 3.68. The fraction of sp³-hybridized carbons (Fsp3) is 0.250. The molecule has 0 aliphatic heterocycles. The van der Waals surface area contributed by atoms with Gasteiger partial charge in [0, 0.05) is 31.4 Å². The van der Waals surface area contributed by atoms with Gasteiger partial charge in [-0.1, -0.05) is 0 Å². The number of anilines is 1. The second kappa shape index (κ2) is 4.86. The summed E-state index contributed by atoms with van der Waals surface area (Å²) in [6, 6.07) is 3.40. The monoisotopic (exact) mass is 235 g/mol. The van der Waals surface area contributed by atoms with Crippen LogP contribution < -0.4 is 10.1 Å². The van der Waals surface area contributed by atoms with E-state index in [1.54, 1.807) is 31.6 Å². The van der Waals surface area contributed by atoms with Crippen molar-refractivity contribution in [3.05, 3.63) is 41.5 Å². The van der Waals surface area contributed by atoms with E-state index in [4.69, 9.17) is 4.74 Å². The number of rotatable bonds is 4. The van der Waals surface area contributed by atoms with Crippen LogP contribution >= 0.6 is 0 Å². The third-order valence-electron chi connectivity index (χ3n) is 2.57. The van der Waals surface area contributed by atoms with Crippen LogP contribution in [0.5, 0.6) is 5.75 Å². The first-order valence-corrected chi connectivity index (χ1v) is 5.26. The predicted octanol–water partition coefficient (Wildman–Crippen LogP) is 2.19. The van der Waals surface area contributed by atoms with E-state index >= 15 is 0 Å². The highest BCUT2D eigenvalue weighted by molar-refractivity contribution is 5.52. The van der Waals surface area contributed by atoms with E-state index in [1.807, 2.05) is 0 Å². The maximum atomic E-state index is 14.0. The molecular formula is C12H14FN3O. The molecule has 1 heterocycles. The number of hydrogen-bond acceptors (Lipinski definition) is 3. The Morgan fingerprint density at radius 3 is 2.88 bits per heavy atom. The van der Waals surface area contributed by atoms with Crippen molar-refractivity contribution in [3.8, 4) is 5.75 Å². The van der Waals surface area contributed by atoms with Crippen LogP contribution in [0.2, 0.25) is 0 Å². The van der Waals surface area contributed by atoms with Gasteiger partial charge in [0.05, 0.1) is 13.3 Å². The van der Waals surface area contributed by atoms with Crippen molar-refractivity contribution >= 4 is 5.69 Å². The molecule has 0 fully saturated rings. The van der Waals surface area contributed by atoms with Gasteiger partial charge in [0.25, 0.3) is 0 Å². The Labute approximate surface area is 98.8 Å². The van der Waals surface area contributed by atoms with Gasteiger partial charge in [0.1, 0.15) is 0 Å². The molecule has 2 rings (SSSR count). The van der Waals surface area contributed by atoms with Crippen LogP contribution in [0.1, 0.15) is 11.1 Å². The Balaban J connectivity index is 2.38. The molecule has 2 aromatic rings. The summed E-state index contributed by atoms with van der Waals surface area (Å²) in [6.45, 7) is 0. The van der Waals surface area contributed by atoms with Crippen molar-refractivity contribution in [2.24, 2.45) is 0 Å². The highest BCUT2D eigenvalue weighted by Gasteiger charge is 2.12. The van der Waals surface area contributed by atoms with Crippen LogP contribution in [0.15, 0.2) is 24.5 Å². The number of nitrogens with one attached hydrogen (secondary N) is 2. The van der Waals surface area contributed by atoms with Crippen LogP contribution in [-0.4, -0.2) is 24.4 Å². The molecular weight excluding hydrogens is 221 g/mol. The summed E-state index contributed by atoms with van der Waals surface area (Å²) in [5.41, 5.74) is 2.33. The summed E-state index contributed by atoms with van der Waals surface area (Å²) < 4.78 is 19.0. The van der Waals surface area contributed by atoms with Crippen LogP contribution in [-0.2, 0) is 6.42 Å². The van der Waals surface area contributed by atoms with E-state index in [9.17, 15) is 4.39 Å². The lowest BCUT2D eigenvalue weighted by molar-refractivity contribution is 0.385. The molecule has 0 radical (unpaired) electrons. The highest BCUT2D eigenvalue weighted by Crippen LogP contribution is 2.27. The highest BCUT2D eigenvalue weighted by atomic mass is 19.1. The standard InChI is InChI=1S/C12H14FN3O/c1-14-10-4-9(3-8-6-15-16-7-8)12(13)11(5-10)17-2/h4-7,14H,3H2,1-2H3,(H,15,16). The van der Waals surface area contributed by atoms with Gasteiger partial charge >= 0.3 is 0 Å². The Bertz CT molecular complexity index is 497. The van der Waals surface area contributed by atoms with Crippen molar-refractivity contribution < 1.29 is 9.13 Å². The summed E-state index contributed by atoms with van der Waals surface area (Å²) in [5.74, 6) is -0.0805. The van der Waals surface area contributed by atoms with Crippen LogP contribution in [0.25, 0.3) is 0 Å². The molecule has 0 spiro atoms. The number of benzene rings is 1. The number of hydrogen-bond donors (Lipinski definition) is 2. The zero-order valence-corrected chi connectivity index (χ0v) is 9.75. The van der Waals surface area contributed by atoms with Gasteiger partial charge in [-0.2, -0.15) is 5.10 Å². The topological polar surface area (TPSA) is 49.9 Å². The number of halogens is 1. The van der Waals surface area contributed by atoms with Gasteiger partial charge in [-0.25, -0.2) is 4.39 Å². The lowest BCUT2D eigenvalue weighted by Gasteiger charge is -2.10.